The molecule has 0 spiro atoms. The summed E-state index contributed by atoms with van der Waals surface area (Å²) in [5.41, 5.74) is -0.768. The van der Waals surface area contributed by atoms with E-state index in [1.165, 1.54) is 13.2 Å². The largest absolute Gasteiger partial charge is 0.468 e. The van der Waals surface area contributed by atoms with Gasteiger partial charge in [0, 0.05) is 49.7 Å². The fraction of sp³-hybridized carbons (Fsp3) is 0.512. The van der Waals surface area contributed by atoms with Crippen LogP contribution in [0.15, 0.2) is 33.5 Å². The molecule has 0 saturated carbocycles. The highest BCUT2D eigenvalue weighted by Gasteiger charge is 2.50. The van der Waals surface area contributed by atoms with E-state index in [9.17, 15) is 14.0 Å². The van der Waals surface area contributed by atoms with Gasteiger partial charge in [-0.3, -0.25) is 9.80 Å². The molecular formula is C41H45F2N5O7. The molecule has 0 radical (unpaired) electrons. The van der Waals surface area contributed by atoms with Crippen molar-refractivity contribution in [2.45, 2.75) is 89.2 Å². The third-order valence-corrected chi connectivity index (χ3v) is 11.4. The number of carbonyl (C=O) groups is 1. The lowest BCUT2D eigenvalue weighted by molar-refractivity contribution is 0.0122. The number of alkyl halides is 1. The van der Waals surface area contributed by atoms with Gasteiger partial charge in [0.1, 0.15) is 41.1 Å². The molecule has 2 aromatic heterocycles. The number of halogens is 2. The highest BCUT2D eigenvalue weighted by Crippen LogP contribution is 2.43. The van der Waals surface area contributed by atoms with Crippen LogP contribution >= 0.6 is 0 Å². The molecule has 4 atom stereocenters. The maximum absolute atomic E-state index is 15.2. The van der Waals surface area contributed by atoms with Gasteiger partial charge in [-0.1, -0.05) is 12.0 Å². The van der Waals surface area contributed by atoms with Crippen molar-refractivity contribution in [1.82, 2.24) is 19.8 Å². The number of methoxy groups -OCH3 is 1. The number of ether oxygens (including phenoxy) is 4. The Labute approximate surface area is 317 Å². The second-order valence-corrected chi connectivity index (χ2v) is 16.1. The number of hydrogen-bond donors (Lipinski definition) is 0. The number of benzene rings is 2. The number of aryl methyl sites for hydroxylation is 1. The van der Waals surface area contributed by atoms with Gasteiger partial charge in [0.25, 0.3) is 0 Å². The molecule has 0 aliphatic carbocycles. The summed E-state index contributed by atoms with van der Waals surface area (Å²) >= 11 is 0. The lowest BCUT2D eigenvalue weighted by atomic mass is 9.95. The lowest BCUT2D eigenvalue weighted by Crippen LogP contribution is -2.57. The Hall–Kier alpha value is -5.00. The summed E-state index contributed by atoms with van der Waals surface area (Å²) in [6.45, 7) is 9.33. The zero-order valence-corrected chi connectivity index (χ0v) is 31.7. The van der Waals surface area contributed by atoms with Gasteiger partial charge in [-0.25, -0.2) is 18.4 Å². The van der Waals surface area contributed by atoms with Crippen molar-refractivity contribution in [3.05, 3.63) is 51.6 Å². The Bertz CT molecular complexity index is 2270. The van der Waals surface area contributed by atoms with Crippen molar-refractivity contribution >= 4 is 33.6 Å². The number of carbonyl (C=O) groups excluding carboxylic acids is 1. The molecule has 2 aromatic carbocycles. The van der Waals surface area contributed by atoms with Gasteiger partial charge in [-0.2, -0.15) is 9.97 Å². The number of anilines is 1. The van der Waals surface area contributed by atoms with Gasteiger partial charge in [-0.05, 0) is 83.5 Å². The molecule has 12 nitrogen and oxygen atoms in total. The van der Waals surface area contributed by atoms with Crippen molar-refractivity contribution in [3.63, 3.8) is 0 Å². The van der Waals surface area contributed by atoms with Gasteiger partial charge in [0.15, 0.2) is 12.6 Å². The van der Waals surface area contributed by atoms with Crippen LogP contribution in [0.2, 0.25) is 0 Å². The molecule has 14 heteroatoms. The van der Waals surface area contributed by atoms with E-state index in [4.69, 9.17) is 39.8 Å². The Morgan fingerprint density at radius 3 is 2.58 bits per heavy atom. The molecule has 2 bridgehead atoms. The Morgan fingerprint density at radius 1 is 1.11 bits per heavy atom. The van der Waals surface area contributed by atoms with Crippen molar-refractivity contribution in [1.29, 1.82) is 0 Å². The van der Waals surface area contributed by atoms with Gasteiger partial charge in [0.2, 0.25) is 0 Å². The van der Waals surface area contributed by atoms with Crippen molar-refractivity contribution in [3.8, 4) is 35.4 Å². The van der Waals surface area contributed by atoms with E-state index in [1.807, 2.05) is 30.6 Å². The van der Waals surface area contributed by atoms with Gasteiger partial charge in [0.05, 0.1) is 28.7 Å². The molecule has 0 unspecified atom stereocenters. The first kappa shape index (κ1) is 36.9. The Morgan fingerprint density at radius 2 is 1.87 bits per heavy atom. The molecule has 4 saturated heterocycles. The molecule has 1 amide bonds. The number of amides is 1. The number of fused-ring (bicyclic) bond motifs is 5. The Kier molecular flexibility index (Phi) is 9.36. The summed E-state index contributed by atoms with van der Waals surface area (Å²) in [4.78, 5) is 43.3. The van der Waals surface area contributed by atoms with E-state index in [-0.39, 0.29) is 59.8 Å². The summed E-state index contributed by atoms with van der Waals surface area (Å²) in [6, 6.07) is 5.87. The van der Waals surface area contributed by atoms with Crippen LogP contribution < -0.4 is 20.0 Å². The summed E-state index contributed by atoms with van der Waals surface area (Å²) < 4.78 is 59.2. The molecule has 290 valence electrons. The minimum atomic E-state index is -0.945. The smallest absolute Gasteiger partial charge is 0.410 e. The fourth-order valence-electron chi connectivity index (χ4n) is 9.05. The summed E-state index contributed by atoms with van der Waals surface area (Å²) in [6.07, 6.45) is 8.14. The highest BCUT2D eigenvalue weighted by molar-refractivity contribution is 6.03. The van der Waals surface area contributed by atoms with E-state index < -0.39 is 28.8 Å². The second-order valence-electron chi connectivity index (χ2n) is 16.1. The number of terminal acetylenes is 1. The third-order valence-electron chi connectivity index (χ3n) is 11.4. The van der Waals surface area contributed by atoms with E-state index in [1.54, 1.807) is 25.1 Å². The number of aromatic nitrogens is 2. The molecule has 55 heavy (non-hydrogen) atoms. The van der Waals surface area contributed by atoms with Crippen LogP contribution in [-0.2, 0) is 9.47 Å². The number of nitrogens with zero attached hydrogens (tertiary/aromatic N) is 5. The van der Waals surface area contributed by atoms with Crippen LogP contribution in [0, 0.1) is 25.1 Å². The summed E-state index contributed by atoms with van der Waals surface area (Å²) in [5, 5.41) is 1.07. The quantitative estimate of drug-likeness (QED) is 0.148. The first-order valence-electron chi connectivity index (χ1n) is 18.8. The maximum atomic E-state index is 15.2. The van der Waals surface area contributed by atoms with Crippen LogP contribution in [0.3, 0.4) is 0 Å². The molecule has 4 aliphatic heterocycles. The standard InChI is InChI=1S/C41H45F2N5O7/c1-7-29-31(43)12-9-24-15-28(53-22-51-6)16-30(32(24)29)35-23(2)34-33(37(49)54-35)36(45-38(44-34)52-21-41-13-8-14-47(41)18-25(42)17-41)46-19-26-10-11-27(20-46)48(26)39(50)55-40(3,4)5/h1,9,12,15-16,25-27H,8,10-11,13-14,17-22H2,2-6H3/t25-,26-,27+,41+/m1/s1. The maximum Gasteiger partial charge on any atom is 0.410 e. The number of hydrogen-bond acceptors (Lipinski definition) is 11. The monoisotopic (exact) mass is 757 g/mol. The number of rotatable bonds is 8. The minimum absolute atomic E-state index is 0.00164. The molecule has 8 rings (SSSR count). The second kappa shape index (κ2) is 13.9. The normalized spacial score (nSPS) is 23.7. The molecule has 4 aliphatic rings. The third kappa shape index (κ3) is 6.61. The van der Waals surface area contributed by atoms with Crippen molar-refractivity contribution < 1.29 is 36.9 Å². The van der Waals surface area contributed by atoms with Crippen LogP contribution in [-0.4, -0.2) is 102 Å². The van der Waals surface area contributed by atoms with E-state index >= 15 is 4.39 Å². The van der Waals surface area contributed by atoms with Crippen LogP contribution in [0.5, 0.6) is 11.8 Å². The molecule has 4 fully saturated rings. The highest BCUT2D eigenvalue weighted by atomic mass is 19.1. The zero-order chi connectivity index (χ0) is 38.8. The molecule has 6 heterocycles. The van der Waals surface area contributed by atoms with Crippen LogP contribution in [0.1, 0.15) is 64.0 Å². The van der Waals surface area contributed by atoms with Gasteiger partial charge in [-0.15, -0.1) is 6.42 Å². The molecule has 4 aromatic rings. The first-order chi connectivity index (χ1) is 26.3. The van der Waals surface area contributed by atoms with Gasteiger partial charge < -0.3 is 28.3 Å². The van der Waals surface area contributed by atoms with E-state index in [0.29, 0.717) is 59.5 Å². The van der Waals surface area contributed by atoms with Crippen LogP contribution in [0.4, 0.5) is 19.4 Å². The predicted molar refractivity (Wildman–Crippen MR) is 202 cm³/mol. The average Bonchev–Trinajstić information content (AvgIpc) is 3.76. The van der Waals surface area contributed by atoms with Gasteiger partial charge >= 0.3 is 17.7 Å². The SMILES string of the molecule is C#Cc1c(F)ccc2cc(OCOC)cc(-c3oc(=O)c4c(N5C[C@H]6CC[C@@H](C5)N6C(=O)OC(C)(C)C)nc(OC[C@@]56CCCN5C[C@H](F)C6)nc4c3C)c12. The van der Waals surface area contributed by atoms with E-state index in [0.717, 1.165) is 32.2 Å². The topological polar surface area (TPSA) is 120 Å². The fourth-order valence-corrected chi connectivity index (χ4v) is 9.05. The average molecular weight is 758 g/mol. The lowest BCUT2D eigenvalue weighted by Gasteiger charge is -2.42. The van der Waals surface area contributed by atoms with Crippen LogP contribution in [0.25, 0.3) is 33.0 Å². The summed E-state index contributed by atoms with van der Waals surface area (Å²) in [5.74, 6) is 2.68. The van der Waals surface area contributed by atoms with Crippen molar-refractivity contribution in [2.75, 3.05) is 51.6 Å². The van der Waals surface area contributed by atoms with Crippen molar-refractivity contribution in [2.24, 2.45) is 0 Å². The predicted octanol–water partition coefficient (Wildman–Crippen LogP) is 6.36. The number of piperazine rings is 1. The molecule has 0 N–H and O–H groups in total. The zero-order valence-electron chi connectivity index (χ0n) is 31.7. The minimum Gasteiger partial charge on any atom is -0.468 e. The summed E-state index contributed by atoms with van der Waals surface area (Å²) in [7, 11) is 1.49. The Balaban J connectivity index is 1.27. The van der Waals surface area contributed by atoms with E-state index in [2.05, 4.69) is 10.8 Å². The first-order valence-corrected chi connectivity index (χ1v) is 18.8. The molecular weight excluding hydrogens is 712 g/mol.